The van der Waals surface area contributed by atoms with Crippen molar-refractivity contribution >= 4 is 104 Å². The summed E-state index contributed by atoms with van der Waals surface area (Å²) in [5, 5.41) is 13.7. The third-order valence-electron chi connectivity index (χ3n) is 11.0. The van der Waals surface area contributed by atoms with Crippen LogP contribution in [0, 0.1) is 0 Å². The van der Waals surface area contributed by atoms with E-state index in [0.29, 0.717) is 56.5 Å². The van der Waals surface area contributed by atoms with Gasteiger partial charge in [-0.05, 0) is 163 Å². The summed E-state index contributed by atoms with van der Waals surface area (Å²) in [5.74, 6) is 0.149. The molecular formula is C56H58N12O6S2. The summed E-state index contributed by atoms with van der Waals surface area (Å²) in [6, 6.07) is 32.5. The summed E-state index contributed by atoms with van der Waals surface area (Å²) in [5.41, 5.74) is 9.33. The van der Waals surface area contributed by atoms with E-state index in [0.717, 1.165) is 31.0 Å². The Morgan fingerprint density at radius 2 is 0.868 bits per heavy atom. The number of anilines is 6. The molecule has 0 fully saturated rings. The van der Waals surface area contributed by atoms with Gasteiger partial charge >= 0.3 is 12.2 Å². The molecule has 0 aliphatic rings. The Morgan fingerprint density at radius 1 is 0.487 bits per heavy atom. The van der Waals surface area contributed by atoms with Crippen LogP contribution in [-0.4, -0.2) is 65.1 Å². The maximum Gasteiger partial charge on any atom is 0.412 e. The summed E-state index contributed by atoms with van der Waals surface area (Å²) in [6.07, 6.45) is 1.74. The Balaban J connectivity index is 1.04. The number of nitrogens with one attached hydrogen (secondary N) is 6. The number of rotatable bonds is 14. The second-order valence-electron chi connectivity index (χ2n) is 20.1. The number of hydrogen-bond donors (Lipinski definition) is 6. The molecule has 390 valence electrons. The lowest BCUT2D eigenvalue weighted by Gasteiger charge is -2.19. The minimum atomic E-state index is -0.650. The van der Waals surface area contributed by atoms with Crippen molar-refractivity contribution in [3.63, 3.8) is 0 Å². The molecule has 0 aliphatic heterocycles. The average molecular weight is 1060 g/mol. The molecule has 4 aromatic carbocycles. The maximum absolute atomic E-state index is 14.0. The van der Waals surface area contributed by atoms with Gasteiger partial charge in [0.05, 0.1) is 22.1 Å². The minimum absolute atomic E-state index is 0.186. The Morgan fingerprint density at radius 3 is 1.22 bits per heavy atom. The van der Waals surface area contributed by atoms with Gasteiger partial charge in [0.2, 0.25) is 0 Å². The lowest BCUT2D eigenvalue weighted by Crippen LogP contribution is -2.41. The number of ether oxygens (including phenoxy) is 2. The molecule has 0 saturated carbocycles. The molecule has 0 unspecified atom stereocenters. The Hall–Kier alpha value is -8.36. The first-order valence-electron chi connectivity index (χ1n) is 24.3. The average Bonchev–Trinajstić information content (AvgIpc) is 3.37. The second-order valence-corrected chi connectivity index (χ2v) is 22.3. The van der Waals surface area contributed by atoms with E-state index in [2.05, 4.69) is 79.7 Å². The van der Waals surface area contributed by atoms with Crippen LogP contribution in [0.4, 0.5) is 44.0 Å². The Labute approximate surface area is 448 Å². The van der Waals surface area contributed by atoms with Gasteiger partial charge in [0.15, 0.2) is 11.3 Å². The largest absolute Gasteiger partial charge is 0.444 e. The molecule has 8 aromatic rings. The maximum atomic E-state index is 14.0. The van der Waals surface area contributed by atoms with Gasteiger partial charge in [-0.25, -0.2) is 39.5 Å². The summed E-state index contributed by atoms with van der Waals surface area (Å²) in [4.78, 5) is 83.4. The quantitative estimate of drug-likeness (QED) is 0.0555. The highest BCUT2D eigenvalue weighted by molar-refractivity contribution is 7.99. The van der Waals surface area contributed by atoms with Crippen molar-refractivity contribution in [1.82, 2.24) is 40.8 Å². The Bertz CT molecular complexity index is 3230. The van der Waals surface area contributed by atoms with E-state index in [1.165, 1.54) is 36.2 Å². The topological polar surface area (TPSA) is 236 Å². The van der Waals surface area contributed by atoms with Crippen LogP contribution in [0.1, 0.15) is 113 Å². The van der Waals surface area contributed by atoms with Crippen molar-refractivity contribution < 1.29 is 28.7 Å². The summed E-state index contributed by atoms with van der Waals surface area (Å²) in [6.45, 7) is 19.0. The normalized spacial score (nSPS) is 11.6. The summed E-state index contributed by atoms with van der Waals surface area (Å²) in [7, 11) is 0. The number of pyridine rings is 2. The lowest BCUT2D eigenvalue weighted by atomic mass is 10.1. The predicted molar refractivity (Wildman–Crippen MR) is 298 cm³/mol. The first-order chi connectivity index (χ1) is 36.1. The fourth-order valence-corrected chi connectivity index (χ4v) is 9.06. The summed E-state index contributed by atoms with van der Waals surface area (Å²) >= 11 is 2.84. The zero-order valence-electron chi connectivity index (χ0n) is 43.7. The zero-order chi connectivity index (χ0) is 54.3. The van der Waals surface area contributed by atoms with Crippen LogP contribution in [0.2, 0.25) is 0 Å². The highest BCUT2D eigenvalue weighted by atomic mass is 32.2. The number of amides is 4. The van der Waals surface area contributed by atoms with E-state index in [4.69, 9.17) is 19.4 Å². The van der Waals surface area contributed by atoms with Crippen molar-refractivity contribution in [1.29, 1.82) is 0 Å². The molecule has 4 heterocycles. The molecule has 0 saturated heterocycles. The standard InChI is InChI=1S/C56H58N12O6S2/c1-31(2)41-23-21-39-47(63-41)57-29-59-49(39)65-43-27-33(11-25-45(43)75-37-17-13-35(14-18-37)61-53(71)73-55(5,6)7)51(69)67-68-52(70)34-12-26-46(76-38-19-15-36(16-20-38)62-54(72)74-56(8,9)10)44(28-34)66-50-40-22-24-42(32(3)4)64-48(40)58-30-60-50/h11-32H,1-10H3,(H,61,71)(H,62,72)(H,67,69)(H,68,70)(H,57,59,63,65)(H,58,60,64,66). The molecule has 4 amide bonds. The SMILES string of the molecule is CC(C)c1ccc2c(Nc3cc(C(=O)NNC(=O)c4ccc(Sc5ccc(NC(=O)OC(C)(C)C)cc5)c(Nc5ncnc6nc(C(C)C)ccc56)c4)ccc3Sc3ccc(NC(=O)OC(C)(C)C)cc3)ncnc2n1. The van der Waals surface area contributed by atoms with Gasteiger partial charge in [-0.1, -0.05) is 51.2 Å². The van der Waals surface area contributed by atoms with Gasteiger partial charge < -0.3 is 20.1 Å². The monoisotopic (exact) mass is 1060 g/mol. The molecule has 0 bridgehead atoms. The fraction of sp³-hybridized carbons (Fsp3) is 0.250. The number of aromatic nitrogens is 6. The van der Waals surface area contributed by atoms with Gasteiger partial charge in [-0.15, -0.1) is 0 Å². The van der Waals surface area contributed by atoms with Crippen molar-refractivity contribution in [3.8, 4) is 0 Å². The van der Waals surface area contributed by atoms with Crippen LogP contribution in [0.25, 0.3) is 22.1 Å². The van der Waals surface area contributed by atoms with E-state index < -0.39 is 35.2 Å². The van der Waals surface area contributed by atoms with E-state index in [-0.39, 0.29) is 23.0 Å². The van der Waals surface area contributed by atoms with Crippen LogP contribution in [-0.2, 0) is 9.47 Å². The van der Waals surface area contributed by atoms with Gasteiger partial charge in [0.1, 0.15) is 35.5 Å². The van der Waals surface area contributed by atoms with Gasteiger partial charge in [0.25, 0.3) is 11.8 Å². The molecule has 6 N–H and O–H groups in total. The third kappa shape index (κ3) is 14.3. The third-order valence-corrected chi connectivity index (χ3v) is 13.1. The molecular weight excluding hydrogens is 1000 g/mol. The van der Waals surface area contributed by atoms with Crippen LogP contribution in [0.5, 0.6) is 0 Å². The zero-order valence-corrected chi connectivity index (χ0v) is 45.3. The molecule has 0 aliphatic carbocycles. The molecule has 4 aromatic heterocycles. The number of fused-ring (bicyclic) bond motifs is 2. The second kappa shape index (κ2) is 23.0. The smallest absolute Gasteiger partial charge is 0.412 e. The van der Waals surface area contributed by atoms with Crippen LogP contribution in [0.3, 0.4) is 0 Å². The Kier molecular flexibility index (Phi) is 16.3. The highest BCUT2D eigenvalue weighted by Gasteiger charge is 2.21. The predicted octanol–water partition coefficient (Wildman–Crippen LogP) is 13.2. The number of nitrogens with zero attached hydrogens (tertiary/aromatic N) is 6. The molecule has 20 heteroatoms. The van der Waals surface area contributed by atoms with Crippen molar-refractivity contribution in [2.45, 2.75) is 112 Å². The van der Waals surface area contributed by atoms with Crippen LogP contribution < -0.4 is 32.1 Å². The van der Waals surface area contributed by atoms with Crippen LogP contribution >= 0.6 is 23.5 Å². The van der Waals surface area contributed by atoms with E-state index in [9.17, 15) is 19.2 Å². The minimum Gasteiger partial charge on any atom is -0.444 e. The number of carbonyl (C=O) groups excluding carboxylic acids is 4. The number of hydrogen-bond acceptors (Lipinski definition) is 16. The first kappa shape index (κ1) is 53.9. The number of benzene rings is 4. The van der Waals surface area contributed by atoms with Gasteiger partial charge in [0, 0.05) is 53.5 Å². The molecule has 0 atom stereocenters. The van der Waals surface area contributed by atoms with Gasteiger partial charge in [-0.2, -0.15) is 0 Å². The number of hydrazine groups is 1. The fourth-order valence-electron chi connectivity index (χ4n) is 7.29. The summed E-state index contributed by atoms with van der Waals surface area (Å²) < 4.78 is 10.8. The first-order valence-corrected chi connectivity index (χ1v) is 26.0. The van der Waals surface area contributed by atoms with E-state index >= 15 is 0 Å². The number of carbonyl (C=O) groups is 4. The molecule has 0 radical (unpaired) electrons. The van der Waals surface area contributed by atoms with Crippen LogP contribution in [0.15, 0.2) is 141 Å². The van der Waals surface area contributed by atoms with E-state index in [1.807, 2.05) is 48.5 Å². The molecule has 8 rings (SSSR count). The molecule has 18 nitrogen and oxygen atoms in total. The van der Waals surface area contributed by atoms with Gasteiger partial charge in [-0.3, -0.25) is 31.1 Å². The lowest BCUT2D eigenvalue weighted by molar-refractivity contribution is 0.0624. The highest BCUT2D eigenvalue weighted by Crippen LogP contribution is 2.39. The van der Waals surface area contributed by atoms with Crippen molar-refractivity contribution in [3.05, 3.63) is 144 Å². The van der Waals surface area contributed by atoms with Crippen molar-refractivity contribution in [2.75, 3.05) is 21.3 Å². The molecule has 76 heavy (non-hydrogen) atoms. The molecule has 0 spiro atoms. The van der Waals surface area contributed by atoms with E-state index in [1.54, 1.807) is 102 Å². The van der Waals surface area contributed by atoms with Crippen molar-refractivity contribution in [2.24, 2.45) is 0 Å².